The summed E-state index contributed by atoms with van der Waals surface area (Å²) in [5.41, 5.74) is 1.12. The molecule has 0 amide bonds. The summed E-state index contributed by atoms with van der Waals surface area (Å²) in [5, 5.41) is 4.55. The van der Waals surface area contributed by atoms with Gasteiger partial charge < -0.3 is 4.74 Å². The lowest BCUT2D eigenvalue weighted by Crippen LogP contribution is -2.42. The van der Waals surface area contributed by atoms with Gasteiger partial charge in [-0.1, -0.05) is 30.8 Å². The molecule has 0 N–H and O–H groups in total. The molecule has 7 heteroatoms. The Kier molecular flexibility index (Phi) is 4.52. The van der Waals surface area contributed by atoms with Crippen molar-refractivity contribution in [3.63, 3.8) is 0 Å². The van der Waals surface area contributed by atoms with Crippen LogP contribution < -0.4 is 4.74 Å². The van der Waals surface area contributed by atoms with Crippen molar-refractivity contribution in [1.82, 2.24) is 19.7 Å². The summed E-state index contributed by atoms with van der Waals surface area (Å²) < 4.78 is 6.85. The van der Waals surface area contributed by atoms with Gasteiger partial charge in [0.2, 0.25) is 0 Å². The average molecular weight is 358 g/mol. The lowest BCUT2D eigenvalue weighted by molar-refractivity contribution is 0.0799. The van der Waals surface area contributed by atoms with Gasteiger partial charge in [0.05, 0.1) is 13.2 Å². The fourth-order valence-corrected chi connectivity index (χ4v) is 4.89. The highest BCUT2D eigenvalue weighted by Gasteiger charge is 2.43. The number of hydrogen-bond acceptors (Lipinski definition) is 6. The largest absolute Gasteiger partial charge is 0.497 e. The molecule has 132 valence electrons. The lowest BCUT2D eigenvalue weighted by atomic mass is 9.94. The monoisotopic (exact) mass is 358 g/mol. The van der Waals surface area contributed by atoms with Crippen LogP contribution in [0.3, 0.4) is 0 Å². The molecule has 1 aromatic carbocycles. The minimum absolute atomic E-state index is 0.00333. The minimum Gasteiger partial charge on any atom is -0.497 e. The van der Waals surface area contributed by atoms with Gasteiger partial charge in [-0.3, -0.25) is 9.69 Å². The van der Waals surface area contributed by atoms with Crippen molar-refractivity contribution in [3.05, 3.63) is 36.2 Å². The second-order valence-corrected chi connectivity index (χ2v) is 7.88. The SMILES string of the molecule is COc1cccc(C(C2Sc3ncnn3C2=O)N2CCC(C)CC2)c1. The third-order valence-corrected chi connectivity index (χ3v) is 6.34. The Bertz CT molecular complexity index is 770. The zero-order valence-electron chi connectivity index (χ0n) is 14.5. The lowest BCUT2D eigenvalue weighted by Gasteiger charge is -2.38. The van der Waals surface area contributed by atoms with Crippen LogP contribution in [-0.2, 0) is 0 Å². The summed E-state index contributed by atoms with van der Waals surface area (Å²) in [6, 6.07) is 8.08. The summed E-state index contributed by atoms with van der Waals surface area (Å²) in [6.45, 7) is 4.30. The molecule has 1 saturated heterocycles. The highest BCUT2D eigenvalue weighted by Crippen LogP contribution is 2.42. The summed E-state index contributed by atoms with van der Waals surface area (Å²) in [6.07, 6.45) is 3.77. The van der Waals surface area contributed by atoms with Gasteiger partial charge in [-0.05, 0) is 49.5 Å². The fourth-order valence-electron chi connectivity index (χ4n) is 3.66. The van der Waals surface area contributed by atoms with Gasteiger partial charge in [-0.15, -0.1) is 0 Å². The van der Waals surface area contributed by atoms with Gasteiger partial charge in [-0.2, -0.15) is 9.78 Å². The van der Waals surface area contributed by atoms with Crippen LogP contribution in [0.2, 0.25) is 0 Å². The number of ether oxygens (including phenoxy) is 1. The smallest absolute Gasteiger partial charge is 0.264 e. The number of rotatable bonds is 4. The molecule has 2 unspecified atom stereocenters. The van der Waals surface area contributed by atoms with Crippen LogP contribution in [0, 0.1) is 5.92 Å². The van der Waals surface area contributed by atoms with E-state index in [0.29, 0.717) is 5.16 Å². The molecule has 1 fully saturated rings. The number of nitrogens with zero attached hydrogens (tertiary/aromatic N) is 4. The molecule has 25 heavy (non-hydrogen) atoms. The molecule has 2 aromatic rings. The van der Waals surface area contributed by atoms with E-state index in [0.717, 1.165) is 43.2 Å². The van der Waals surface area contributed by atoms with E-state index in [2.05, 4.69) is 28.0 Å². The second-order valence-electron chi connectivity index (χ2n) is 6.77. The van der Waals surface area contributed by atoms with E-state index in [1.165, 1.54) is 22.8 Å². The normalized spacial score (nSPS) is 22.8. The molecule has 6 nitrogen and oxygen atoms in total. The van der Waals surface area contributed by atoms with E-state index < -0.39 is 0 Å². The molecule has 4 rings (SSSR count). The second kappa shape index (κ2) is 6.80. The first kappa shape index (κ1) is 16.6. The van der Waals surface area contributed by atoms with E-state index in [-0.39, 0.29) is 17.2 Å². The Hall–Kier alpha value is -1.86. The number of benzene rings is 1. The van der Waals surface area contributed by atoms with Gasteiger partial charge in [0.1, 0.15) is 17.3 Å². The predicted octanol–water partition coefficient (Wildman–Crippen LogP) is 2.87. The Labute approximate surface area is 151 Å². The van der Waals surface area contributed by atoms with Gasteiger partial charge >= 0.3 is 0 Å². The van der Waals surface area contributed by atoms with E-state index in [9.17, 15) is 4.79 Å². The molecular weight excluding hydrogens is 336 g/mol. The van der Waals surface area contributed by atoms with Crippen molar-refractivity contribution in [2.24, 2.45) is 5.92 Å². The predicted molar refractivity (Wildman–Crippen MR) is 96.0 cm³/mol. The molecule has 0 saturated carbocycles. The Morgan fingerprint density at radius 3 is 2.84 bits per heavy atom. The van der Waals surface area contributed by atoms with Gasteiger partial charge in [-0.25, -0.2) is 4.98 Å². The first-order valence-corrected chi connectivity index (χ1v) is 9.54. The third-order valence-electron chi connectivity index (χ3n) is 5.13. The molecule has 1 aromatic heterocycles. The Balaban J connectivity index is 1.69. The third kappa shape index (κ3) is 3.06. The number of carbonyl (C=O) groups is 1. The van der Waals surface area contributed by atoms with Crippen molar-refractivity contribution in [3.8, 4) is 5.75 Å². The van der Waals surface area contributed by atoms with Crippen molar-refractivity contribution in [1.29, 1.82) is 0 Å². The van der Waals surface area contributed by atoms with Crippen molar-refractivity contribution >= 4 is 17.7 Å². The van der Waals surface area contributed by atoms with Gasteiger partial charge in [0.15, 0.2) is 5.16 Å². The highest BCUT2D eigenvalue weighted by molar-refractivity contribution is 8.00. The standard InChI is InChI=1S/C18H22N4O2S/c1-12-6-8-21(9-7-12)15(13-4-3-5-14(10-13)24-2)16-17(23)22-18(25-16)19-11-20-22/h3-5,10-12,15-16H,6-9H2,1-2H3. The zero-order valence-corrected chi connectivity index (χ0v) is 15.3. The highest BCUT2D eigenvalue weighted by atomic mass is 32.2. The molecule has 0 spiro atoms. The summed E-state index contributed by atoms with van der Waals surface area (Å²) in [4.78, 5) is 19.6. The maximum Gasteiger partial charge on any atom is 0.264 e. The average Bonchev–Trinajstić information content (AvgIpc) is 3.21. The van der Waals surface area contributed by atoms with E-state index >= 15 is 0 Å². The molecular formula is C18H22N4O2S. The van der Waals surface area contributed by atoms with E-state index in [1.807, 2.05) is 18.2 Å². The number of carbonyl (C=O) groups excluding carboxylic acids is 1. The van der Waals surface area contributed by atoms with Crippen LogP contribution in [0.4, 0.5) is 0 Å². The molecule has 0 bridgehead atoms. The van der Waals surface area contributed by atoms with Crippen molar-refractivity contribution in [2.75, 3.05) is 20.2 Å². The minimum atomic E-state index is -0.225. The molecule has 2 aliphatic heterocycles. The summed E-state index contributed by atoms with van der Waals surface area (Å²) >= 11 is 1.52. The maximum atomic E-state index is 12.9. The van der Waals surface area contributed by atoms with Crippen LogP contribution in [0.5, 0.6) is 5.75 Å². The summed E-state index contributed by atoms with van der Waals surface area (Å²) in [7, 11) is 1.67. The van der Waals surface area contributed by atoms with Crippen LogP contribution in [0.15, 0.2) is 35.7 Å². The number of likely N-dealkylation sites (tertiary alicyclic amines) is 1. The van der Waals surface area contributed by atoms with Crippen molar-refractivity contribution < 1.29 is 9.53 Å². The molecule has 2 atom stereocenters. The van der Waals surface area contributed by atoms with Crippen molar-refractivity contribution in [2.45, 2.75) is 36.2 Å². The number of hydrogen-bond donors (Lipinski definition) is 0. The molecule has 0 radical (unpaired) electrons. The van der Waals surface area contributed by atoms with Gasteiger partial charge in [0, 0.05) is 0 Å². The Morgan fingerprint density at radius 1 is 1.32 bits per heavy atom. The molecule has 2 aliphatic rings. The van der Waals surface area contributed by atoms with Crippen LogP contribution in [-0.4, -0.2) is 51.0 Å². The summed E-state index contributed by atoms with van der Waals surface area (Å²) in [5.74, 6) is 1.58. The van der Waals surface area contributed by atoms with Gasteiger partial charge in [0.25, 0.3) is 5.91 Å². The number of piperidine rings is 1. The van der Waals surface area contributed by atoms with Crippen LogP contribution in [0.25, 0.3) is 0 Å². The molecule has 0 aliphatic carbocycles. The number of thioether (sulfide) groups is 1. The van der Waals surface area contributed by atoms with E-state index in [4.69, 9.17) is 4.74 Å². The first-order chi connectivity index (χ1) is 12.2. The molecule has 3 heterocycles. The fraction of sp³-hybridized carbons (Fsp3) is 0.500. The number of fused-ring (bicyclic) bond motifs is 1. The number of methoxy groups -OCH3 is 1. The first-order valence-electron chi connectivity index (χ1n) is 8.66. The maximum absolute atomic E-state index is 12.9. The number of aromatic nitrogens is 3. The van der Waals surface area contributed by atoms with Crippen LogP contribution in [0.1, 0.15) is 36.2 Å². The Morgan fingerprint density at radius 2 is 2.12 bits per heavy atom. The quantitative estimate of drug-likeness (QED) is 0.838. The zero-order chi connectivity index (χ0) is 17.4. The van der Waals surface area contributed by atoms with Crippen LogP contribution >= 0.6 is 11.8 Å². The topological polar surface area (TPSA) is 60.3 Å². The van der Waals surface area contributed by atoms with E-state index in [1.54, 1.807) is 7.11 Å².